The highest BCUT2D eigenvalue weighted by atomic mass is 19.1. The van der Waals surface area contributed by atoms with Crippen LogP contribution >= 0.6 is 0 Å². The van der Waals surface area contributed by atoms with E-state index in [1.54, 1.807) is 18.2 Å². The molecule has 2 unspecified atom stereocenters. The Hall–Kier alpha value is -1.91. The van der Waals surface area contributed by atoms with Crippen molar-refractivity contribution in [2.24, 2.45) is 5.92 Å². The number of amides is 2. The Morgan fingerprint density at radius 3 is 2.67 bits per heavy atom. The third-order valence-electron chi connectivity index (χ3n) is 3.81. The minimum absolute atomic E-state index is 0.0537. The maximum absolute atomic E-state index is 13.7. The van der Waals surface area contributed by atoms with E-state index >= 15 is 0 Å². The maximum Gasteiger partial charge on any atom is 0.239 e. The number of hydrogen-bond acceptors (Lipinski definition) is 2. The predicted octanol–water partition coefficient (Wildman–Crippen LogP) is 1.91. The normalized spacial score (nSPS) is 20.0. The van der Waals surface area contributed by atoms with E-state index in [0.29, 0.717) is 25.1 Å². The van der Waals surface area contributed by atoms with Gasteiger partial charge in [-0.25, -0.2) is 4.39 Å². The van der Waals surface area contributed by atoms with Crippen molar-refractivity contribution in [3.05, 3.63) is 35.6 Å². The summed E-state index contributed by atoms with van der Waals surface area (Å²) in [5.41, 5.74) is 0.602. The summed E-state index contributed by atoms with van der Waals surface area (Å²) in [6.45, 7) is 4.79. The van der Waals surface area contributed by atoms with E-state index in [0.717, 1.165) is 0 Å². The molecular weight excluding hydrogens is 271 g/mol. The van der Waals surface area contributed by atoms with Crippen LogP contribution in [0.15, 0.2) is 24.3 Å². The first kappa shape index (κ1) is 15.5. The molecule has 0 heterocycles. The molecule has 0 bridgehead atoms. The van der Waals surface area contributed by atoms with Crippen molar-refractivity contribution in [2.45, 2.75) is 26.2 Å². The SMILES string of the molecule is CCNC(=O)CN(CC)C(=O)C1CC1c1ccccc1F. The lowest BCUT2D eigenvalue weighted by molar-refractivity contribution is -0.137. The fraction of sp³-hybridized carbons (Fsp3) is 0.500. The highest BCUT2D eigenvalue weighted by molar-refractivity contribution is 5.88. The first-order valence-corrected chi connectivity index (χ1v) is 7.38. The molecule has 0 saturated heterocycles. The summed E-state index contributed by atoms with van der Waals surface area (Å²) in [7, 11) is 0. The molecule has 1 aromatic carbocycles. The quantitative estimate of drug-likeness (QED) is 0.871. The minimum Gasteiger partial charge on any atom is -0.355 e. The van der Waals surface area contributed by atoms with Crippen molar-refractivity contribution in [3.8, 4) is 0 Å². The number of benzene rings is 1. The van der Waals surface area contributed by atoms with Gasteiger partial charge in [0.2, 0.25) is 11.8 Å². The van der Waals surface area contributed by atoms with Gasteiger partial charge in [-0.2, -0.15) is 0 Å². The molecule has 5 heteroatoms. The van der Waals surface area contributed by atoms with E-state index in [2.05, 4.69) is 5.32 Å². The predicted molar refractivity (Wildman–Crippen MR) is 78.2 cm³/mol. The molecule has 1 aliphatic carbocycles. The largest absolute Gasteiger partial charge is 0.355 e. The van der Waals surface area contributed by atoms with Crippen LogP contribution in [-0.4, -0.2) is 36.3 Å². The van der Waals surface area contributed by atoms with Crippen molar-refractivity contribution >= 4 is 11.8 Å². The monoisotopic (exact) mass is 292 g/mol. The summed E-state index contributed by atoms with van der Waals surface area (Å²) in [4.78, 5) is 25.5. The Bertz CT molecular complexity index is 533. The van der Waals surface area contributed by atoms with Crippen LogP contribution in [0.2, 0.25) is 0 Å². The number of carbonyl (C=O) groups is 2. The Kier molecular flexibility index (Phi) is 4.94. The second kappa shape index (κ2) is 6.70. The Morgan fingerprint density at radius 1 is 1.33 bits per heavy atom. The molecule has 2 rings (SSSR count). The highest BCUT2D eigenvalue weighted by Gasteiger charge is 2.46. The number of nitrogens with one attached hydrogen (secondary N) is 1. The Labute approximate surface area is 124 Å². The summed E-state index contributed by atoms with van der Waals surface area (Å²) in [6.07, 6.45) is 0.658. The number of likely N-dealkylation sites (N-methyl/N-ethyl adjacent to an activating group) is 2. The van der Waals surface area contributed by atoms with Gasteiger partial charge in [0.25, 0.3) is 0 Å². The summed E-state index contributed by atoms with van der Waals surface area (Å²) >= 11 is 0. The van der Waals surface area contributed by atoms with Crippen molar-refractivity contribution < 1.29 is 14.0 Å². The van der Waals surface area contributed by atoms with Gasteiger partial charge in [-0.1, -0.05) is 18.2 Å². The van der Waals surface area contributed by atoms with Gasteiger partial charge in [-0.3, -0.25) is 9.59 Å². The van der Waals surface area contributed by atoms with Crippen LogP contribution in [0.25, 0.3) is 0 Å². The van der Waals surface area contributed by atoms with Gasteiger partial charge >= 0.3 is 0 Å². The summed E-state index contributed by atoms with van der Waals surface area (Å²) in [6, 6.07) is 6.57. The molecule has 1 fully saturated rings. The number of nitrogens with zero attached hydrogens (tertiary/aromatic N) is 1. The van der Waals surface area contributed by atoms with E-state index < -0.39 is 0 Å². The van der Waals surface area contributed by atoms with Gasteiger partial charge in [-0.05, 0) is 37.8 Å². The lowest BCUT2D eigenvalue weighted by Crippen LogP contribution is -2.41. The molecule has 2 amide bonds. The van der Waals surface area contributed by atoms with Crippen LogP contribution in [-0.2, 0) is 9.59 Å². The highest BCUT2D eigenvalue weighted by Crippen LogP contribution is 2.49. The van der Waals surface area contributed by atoms with Crippen LogP contribution in [0.4, 0.5) is 4.39 Å². The zero-order valence-electron chi connectivity index (χ0n) is 12.4. The van der Waals surface area contributed by atoms with E-state index in [9.17, 15) is 14.0 Å². The topological polar surface area (TPSA) is 49.4 Å². The van der Waals surface area contributed by atoms with Crippen LogP contribution in [0, 0.1) is 11.7 Å². The smallest absolute Gasteiger partial charge is 0.239 e. The van der Waals surface area contributed by atoms with E-state index in [1.165, 1.54) is 11.0 Å². The molecule has 1 N–H and O–H groups in total. The number of halogens is 1. The third-order valence-corrected chi connectivity index (χ3v) is 3.81. The Balaban J connectivity index is 1.98. The van der Waals surface area contributed by atoms with Gasteiger partial charge in [-0.15, -0.1) is 0 Å². The van der Waals surface area contributed by atoms with Crippen molar-refractivity contribution in [2.75, 3.05) is 19.6 Å². The fourth-order valence-corrected chi connectivity index (χ4v) is 2.59. The van der Waals surface area contributed by atoms with Crippen molar-refractivity contribution in [3.63, 3.8) is 0 Å². The average Bonchev–Trinajstić information content (AvgIpc) is 3.25. The molecule has 0 radical (unpaired) electrons. The molecule has 1 aromatic rings. The van der Waals surface area contributed by atoms with Crippen LogP contribution in [0.3, 0.4) is 0 Å². The standard InChI is InChI=1S/C16H21FN2O2/c1-3-18-15(20)10-19(4-2)16(21)13-9-12(13)11-7-5-6-8-14(11)17/h5-8,12-13H,3-4,9-10H2,1-2H3,(H,18,20). The second-order valence-corrected chi connectivity index (χ2v) is 5.28. The molecule has 4 nitrogen and oxygen atoms in total. The maximum atomic E-state index is 13.7. The lowest BCUT2D eigenvalue weighted by atomic mass is 10.1. The minimum atomic E-state index is -0.260. The Morgan fingerprint density at radius 2 is 2.05 bits per heavy atom. The number of rotatable bonds is 6. The van der Waals surface area contributed by atoms with Gasteiger partial charge in [0.15, 0.2) is 0 Å². The molecule has 2 atom stereocenters. The van der Waals surface area contributed by atoms with E-state index in [4.69, 9.17) is 0 Å². The zero-order chi connectivity index (χ0) is 15.4. The molecule has 1 aliphatic rings. The molecule has 1 saturated carbocycles. The van der Waals surface area contributed by atoms with Gasteiger partial charge < -0.3 is 10.2 Å². The first-order valence-electron chi connectivity index (χ1n) is 7.38. The van der Waals surface area contributed by atoms with Gasteiger partial charge in [0.1, 0.15) is 5.82 Å². The fourth-order valence-electron chi connectivity index (χ4n) is 2.59. The molecule has 0 spiro atoms. The molecule has 114 valence electrons. The number of hydrogen-bond donors (Lipinski definition) is 1. The third kappa shape index (κ3) is 3.60. The average molecular weight is 292 g/mol. The van der Waals surface area contributed by atoms with Crippen LogP contribution in [0.5, 0.6) is 0 Å². The summed E-state index contributed by atoms with van der Waals surface area (Å²) < 4.78 is 13.7. The number of carbonyl (C=O) groups excluding carboxylic acids is 2. The van der Waals surface area contributed by atoms with Crippen LogP contribution < -0.4 is 5.32 Å². The lowest BCUT2D eigenvalue weighted by Gasteiger charge is -2.20. The van der Waals surface area contributed by atoms with Crippen molar-refractivity contribution in [1.82, 2.24) is 10.2 Å². The van der Waals surface area contributed by atoms with E-state index in [-0.39, 0.29) is 36.0 Å². The van der Waals surface area contributed by atoms with Crippen molar-refractivity contribution in [1.29, 1.82) is 0 Å². The molecule has 21 heavy (non-hydrogen) atoms. The second-order valence-electron chi connectivity index (χ2n) is 5.28. The first-order chi connectivity index (χ1) is 10.1. The van der Waals surface area contributed by atoms with Gasteiger partial charge in [0.05, 0.1) is 6.54 Å². The summed E-state index contributed by atoms with van der Waals surface area (Å²) in [5, 5.41) is 2.68. The zero-order valence-corrected chi connectivity index (χ0v) is 12.4. The van der Waals surface area contributed by atoms with E-state index in [1.807, 2.05) is 13.8 Å². The molecular formula is C16H21FN2O2. The van der Waals surface area contributed by atoms with Crippen LogP contribution in [0.1, 0.15) is 31.7 Å². The molecule has 0 aromatic heterocycles. The summed E-state index contributed by atoms with van der Waals surface area (Å²) in [5.74, 6) is -0.726. The molecule has 0 aliphatic heterocycles. The van der Waals surface area contributed by atoms with Gasteiger partial charge in [0, 0.05) is 19.0 Å².